The lowest BCUT2D eigenvalue weighted by Crippen LogP contribution is -2.25. The van der Waals surface area contributed by atoms with Crippen LogP contribution in [0.2, 0.25) is 5.02 Å². The molecule has 0 aliphatic carbocycles. The van der Waals surface area contributed by atoms with Gasteiger partial charge in [-0.2, -0.15) is 0 Å². The van der Waals surface area contributed by atoms with E-state index >= 15 is 0 Å². The third kappa shape index (κ3) is 5.47. The summed E-state index contributed by atoms with van der Waals surface area (Å²) in [6.45, 7) is 0.523. The van der Waals surface area contributed by atoms with Crippen molar-refractivity contribution < 1.29 is 9.53 Å². The molecule has 3 heterocycles. The summed E-state index contributed by atoms with van der Waals surface area (Å²) in [4.78, 5) is 28.6. The summed E-state index contributed by atoms with van der Waals surface area (Å²) >= 11 is 5.98. The second kappa shape index (κ2) is 10.5. The number of aromatic nitrogens is 5. The molecule has 0 unspecified atom stereocenters. The number of benzene rings is 2. The van der Waals surface area contributed by atoms with Crippen molar-refractivity contribution in [3.63, 3.8) is 0 Å². The Balaban J connectivity index is 1.24. The Hall–Kier alpha value is -4.37. The van der Waals surface area contributed by atoms with E-state index in [1.165, 1.54) is 0 Å². The number of carbonyl (C=O) groups excluding carboxylic acids is 1. The van der Waals surface area contributed by atoms with E-state index < -0.39 is 0 Å². The minimum absolute atomic E-state index is 0.252. The van der Waals surface area contributed by atoms with E-state index in [0.29, 0.717) is 34.7 Å². The fourth-order valence-corrected chi connectivity index (χ4v) is 3.86. The number of fused-ring (bicyclic) bond motifs is 1. The van der Waals surface area contributed by atoms with Crippen molar-refractivity contribution in [1.29, 1.82) is 0 Å². The number of H-pyrrole nitrogens is 1. The average molecular weight is 502 g/mol. The summed E-state index contributed by atoms with van der Waals surface area (Å²) in [5.41, 5.74) is 2.90. The fourth-order valence-electron chi connectivity index (χ4n) is 3.74. The van der Waals surface area contributed by atoms with E-state index in [4.69, 9.17) is 21.3 Å². The minimum atomic E-state index is -0.252. The number of aryl methyl sites for hydroxylation is 2. The first-order chi connectivity index (χ1) is 17.5. The highest BCUT2D eigenvalue weighted by atomic mass is 35.5. The van der Waals surface area contributed by atoms with Crippen LogP contribution in [0.1, 0.15) is 22.7 Å². The number of aromatic amines is 1. The number of imidazole rings is 2. The number of hydrogen-bond donors (Lipinski definition) is 3. The van der Waals surface area contributed by atoms with Crippen LogP contribution in [0.15, 0.2) is 73.2 Å². The lowest BCUT2D eigenvalue weighted by Gasteiger charge is -2.08. The van der Waals surface area contributed by atoms with Gasteiger partial charge in [0, 0.05) is 61.4 Å². The van der Waals surface area contributed by atoms with E-state index in [2.05, 4.69) is 25.6 Å². The summed E-state index contributed by atoms with van der Waals surface area (Å²) in [6.07, 6.45) is 6.59. The van der Waals surface area contributed by atoms with Crippen molar-refractivity contribution in [2.45, 2.75) is 12.8 Å². The van der Waals surface area contributed by atoms with E-state index in [1.54, 1.807) is 30.7 Å². The minimum Gasteiger partial charge on any atom is -0.457 e. The molecular formula is C26H24ClN7O2. The molecule has 0 saturated heterocycles. The van der Waals surface area contributed by atoms with Crippen LogP contribution in [0.4, 0.5) is 11.6 Å². The maximum atomic E-state index is 12.5. The van der Waals surface area contributed by atoms with Crippen molar-refractivity contribution in [1.82, 2.24) is 29.8 Å². The topological polar surface area (TPSA) is 110 Å². The van der Waals surface area contributed by atoms with Gasteiger partial charge in [-0.25, -0.2) is 9.97 Å². The van der Waals surface area contributed by atoms with Crippen molar-refractivity contribution in [3.8, 4) is 11.5 Å². The highest BCUT2D eigenvalue weighted by molar-refractivity contribution is 6.30. The number of nitrogens with one attached hydrogen (secondary N) is 3. The van der Waals surface area contributed by atoms with Gasteiger partial charge in [0.1, 0.15) is 23.0 Å². The first-order valence-electron chi connectivity index (χ1n) is 11.4. The molecule has 182 valence electrons. The van der Waals surface area contributed by atoms with Gasteiger partial charge in [-0.05, 0) is 48.9 Å². The molecule has 0 fully saturated rings. The lowest BCUT2D eigenvalue weighted by molar-refractivity contribution is 0.0948. The van der Waals surface area contributed by atoms with Gasteiger partial charge in [-0.15, -0.1) is 0 Å². The van der Waals surface area contributed by atoms with Gasteiger partial charge in [-0.3, -0.25) is 9.78 Å². The SMILES string of the molecule is Cn1c(Nc2ccc(Cl)cc2)nc2cc(Oc3ccnc(C(=O)NCCCc4ncc[nH]4)c3)ccc21. The highest BCUT2D eigenvalue weighted by Gasteiger charge is 2.12. The molecule has 3 aromatic heterocycles. The second-order valence-corrected chi connectivity index (χ2v) is 8.59. The van der Waals surface area contributed by atoms with Gasteiger partial charge in [0.05, 0.1) is 11.0 Å². The molecule has 10 heteroatoms. The van der Waals surface area contributed by atoms with Crippen molar-refractivity contribution in [3.05, 3.63) is 89.7 Å². The summed E-state index contributed by atoms with van der Waals surface area (Å²) < 4.78 is 7.98. The number of pyridine rings is 1. The Kier molecular flexibility index (Phi) is 6.81. The molecule has 5 rings (SSSR count). The molecular weight excluding hydrogens is 478 g/mol. The molecule has 0 bridgehead atoms. The Morgan fingerprint density at radius 2 is 1.89 bits per heavy atom. The third-order valence-corrected chi connectivity index (χ3v) is 5.84. The number of carbonyl (C=O) groups is 1. The average Bonchev–Trinajstić information content (AvgIpc) is 3.51. The Bertz CT molecular complexity index is 1480. The maximum absolute atomic E-state index is 12.5. The normalized spacial score (nSPS) is 10.9. The van der Waals surface area contributed by atoms with Crippen LogP contribution in [0, 0.1) is 0 Å². The van der Waals surface area contributed by atoms with Gasteiger partial charge in [0.15, 0.2) is 0 Å². The Labute approximate surface area is 212 Å². The third-order valence-electron chi connectivity index (χ3n) is 5.58. The van der Waals surface area contributed by atoms with Crippen LogP contribution in [-0.2, 0) is 13.5 Å². The van der Waals surface area contributed by atoms with Gasteiger partial charge < -0.3 is 24.9 Å². The molecule has 0 radical (unpaired) electrons. The van der Waals surface area contributed by atoms with Crippen LogP contribution in [-0.4, -0.2) is 37.0 Å². The van der Waals surface area contributed by atoms with Crippen LogP contribution in [0.25, 0.3) is 11.0 Å². The van der Waals surface area contributed by atoms with Gasteiger partial charge in [0.25, 0.3) is 5.91 Å². The van der Waals surface area contributed by atoms with Crippen molar-refractivity contribution >= 4 is 40.2 Å². The molecule has 9 nitrogen and oxygen atoms in total. The van der Waals surface area contributed by atoms with Crippen LogP contribution >= 0.6 is 11.6 Å². The summed E-state index contributed by atoms with van der Waals surface area (Å²) in [5, 5.41) is 6.86. The molecule has 36 heavy (non-hydrogen) atoms. The number of amides is 1. The lowest BCUT2D eigenvalue weighted by atomic mass is 10.2. The number of rotatable bonds is 9. The molecule has 1 amide bonds. The molecule has 5 aromatic rings. The van der Waals surface area contributed by atoms with Gasteiger partial charge in [-0.1, -0.05) is 11.6 Å². The quantitative estimate of drug-likeness (QED) is 0.238. The monoisotopic (exact) mass is 501 g/mol. The predicted molar refractivity (Wildman–Crippen MR) is 139 cm³/mol. The predicted octanol–water partition coefficient (Wildman–Crippen LogP) is 5.24. The zero-order valence-electron chi connectivity index (χ0n) is 19.5. The number of halogens is 1. The van der Waals surface area contributed by atoms with Crippen LogP contribution in [0.5, 0.6) is 11.5 Å². The molecule has 2 aromatic carbocycles. The van der Waals surface area contributed by atoms with E-state index in [9.17, 15) is 4.79 Å². The van der Waals surface area contributed by atoms with E-state index in [0.717, 1.165) is 35.4 Å². The highest BCUT2D eigenvalue weighted by Crippen LogP contribution is 2.28. The van der Waals surface area contributed by atoms with Gasteiger partial charge >= 0.3 is 0 Å². The Morgan fingerprint density at radius 3 is 2.69 bits per heavy atom. The smallest absolute Gasteiger partial charge is 0.270 e. The zero-order chi connectivity index (χ0) is 24.9. The number of nitrogens with zero attached hydrogens (tertiary/aromatic N) is 4. The summed E-state index contributed by atoms with van der Waals surface area (Å²) in [5.74, 6) is 2.46. The standard InChI is InChI=1S/C26H24ClN7O2/c1-34-23-9-8-19(15-21(23)33-26(34)32-18-6-4-17(27)5-7-18)36-20-10-12-28-22(16-20)25(35)31-11-2-3-24-29-13-14-30-24/h4-10,12-16H,2-3,11H2,1H3,(H,29,30)(H,31,35)(H,32,33). The molecule has 3 N–H and O–H groups in total. The maximum Gasteiger partial charge on any atom is 0.270 e. The molecule has 0 atom stereocenters. The second-order valence-electron chi connectivity index (χ2n) is 8.15. The van der Waals surface area contributed by atoms with Crippen LogP contribution in [0.3, 0.4) is 0 Å². The fraction of sp³-hybridized carbons (Fsp3) is 0.154. The Morgan fingerprint density at radius 1 is 1.06 bits per heavy atom. The van der Waals surface area contributed by atoms with E-state index in [1.807, 2.05) is 54.1 Å². The summed E-state index contributed by atoms with van der Waals surface area (Å²) in [7, 11) is 1.94. The first kappa shape index (κ1) is 23.4. The van der Waals surface area contributed by atoms with Crippen LogP contribution < -0.4 is 15.4 Å². The zero-order valence-corrected chi connectivity index (χ0v) is 20.3. The van der Waals surface area contributed by atoms with Crippen molar-refractivity contribution in [2.24, 2.45) is 7.05 Å². The summed E-state index contributed by atoms with van der Waals surface area (Å²) in [6, 6.07) is 16.4. The molecule has 0 spiro atoms. The number of anilines is 2. The number of hydrogen-bond acceptors (Lipinski definition) is 6. The molecule has 0 aliphatic rings. The van der Waals surface area contributed by atoms with E-state index in [-0.39, 0.29) is 5.91 Å². The molecule has 0 saturated carbocycles. The van der Waals surface area contributed by atoms with Crippen molar-refractivity contribution in [2.75, 3.05) is 11.9 Å². The molecule has 0 aliphatic heterocycles. The first-order valence-corrected chi connectivity index (χ1v) is 11.8. The number of ether oxygens (including phenoxy) is 1. The largest absolute Gasteiger partial charge is 0.457 e. The van der Waals surface area contributed by atoms with Gasteiger partial charge in [0.2, 0.25) is 5.95 Å².